The third-order valence-corrected chi connectivity index (χ3v) is 7.19. The van der Waals surface area contributed by atoms with Crippen LogP contribution < -0.4 is 0 Å². The molecule has 0 saturated heterocycles. The van der Waals surface area contributed by atoms with Crippen molar-refractivity contribution in [2.24, 2.45) is 0 Å². The van der Waals surface area contributed by atoms with Crippen LogP contribution in [0.15, 0.2) is 53.4 Å². The van der Waals surface area contributed by atoms with Gasteiger partial charge in [-0.1, -0.05) is 76.1 Å². The molecule has 0 radical (unpaired) electrons. The number of benzene rings is 2. The maximum Gasteiger partial charge on any atom is 0.185 e. The Morgan fingerprint density at radius 1 is 0.857 bits per heavy atom. The Labute approximate surface area is 178 Å². The molecule has 158 valence electrons. The fourth-order valence-corrected chi connectivity index (χ4v) is 5.31. The summed E-state index contributed by atoms with van der Waals surface area (Å²) in [6, 6.07) is 15.1. The first kappa shape index (κ1) is 26.7. The molecule has 28 heavy (non-hydrogen) atoms. The van der Waals surface area contributed by atoms with Crippen LogP contribution in [0.5, 0.6) is 0 Å². The summed E-state index contributed by atoms with van der Waals surface area (Å²) >= 11 is 1.81. The van der Waals surface area contributed by atoms with E-state index in [9.17, 15) is 8.42 Å². The highest BCUT2D eigenvalue weighted by molar-refractivity contribution is 7.98. The van der Waals surface area contributed by atoms with E-state index in [2.05, 4.69) is 6.26 Å². The summed E-state index contributed by atoms with van der Waals surface area (Å²) in [5.41, 5.74) is 3.05. The average Bonchev–Trinajstić information content (AvgIpc) is 2.72. The fourth-order valence-electron chi connectivity index (χ4n) is 2.89. The second kappa shape index (κ2) is 14.7. The quantitative estimate of drug-likeness (QED) is 0.415. The van der Waals surface area contributed by atoms with E-state index in [1.54, 1.807) is 12.1 Å². The van der Waals surface area contributed by atoms with Crippen molar-refractivity contribution in [2.75, 3.05) is 12.0 Å². The molecule has 0 aliphatic heterocycles. The van der Waals surface area contributed by atoms with Gasteiger partial charge in [-0.05, 0) is 62.0 Å². The topological polar surface area (TPSA) is 34.1 Å². The van der Waals surface area contributed by atoms with Gasteiger partial charge in [0.05, 0.1) is 10.1 Å². The van der Waals surface area contributed by atoms with Crippen LogP contribution in [0.2, 0.25) is 0 Å². The molecule has 1 unspecified atom stereocenters. The van der Waals surface area contributed by atoms with E-state index in [0.717, 1.165) is 35.3 Å². The molecule has 0 saturated carbocycles. The van der Waals surface area contributed by atoms with Gasteiger partial charge in [0.1, 0.15) is 0 Å². The van der Waals surface area contributed by atoms with Crippen molar-refractivity contribution >= 4 is 21.6 Å². The maximum atomic E-state index is 13.3. The standard InChI is InChI=1S/C20H26O2S2.2C2H6/c1-16-11-13-18(14-12-16)24(21,22)20(10-6-7-15-23-3)19-9-5-4-8-17(19)2;2*1-2/h4-5,8-9,11-14,20H,6-7,10,15H2,1-3H3;2*1-2H3. The van der Waals surface area contributed by atoms with Crippen molar-refractivity contribution < 1.29 is 8.42 Å². The van der Waals surface area contributed by atoms with Crippen molar-refractivity contribution in [3.8, 4) is 0 Å². The molecule has 0 heterocycles. The summed E-state index contributed by atoms with van der Waals surface area (Å²) in [6.45, 7) is 12.0. The van der Waals surface area contributed by atoms with Gasteiger partial charge in [-0.3, -0.25) is 0 Å². The van der Waals surface area contributed by atoms with Crippen LogP contribution in [0.25, 0.3) is 0 Å². The Balaban J connectivity index is 0.00000171. The van der Waals surface area contributed by atoms with E-state index in [0.29, 0.717) is 11.3 Å². The molecular formula is C24H38O2S2. The summed E-state index contributed by atoms with van der Waals surface area (Å²) in [7, 11) is -3.39. The molecule has 0 aliphatic rings. The number of sulfone groups is 1. The lowest BCUT2D eigenvalue weighted by molar-refractivity contribution is 0.568. The normalized spacial score (nSPS) is 11.5. The lowest BCUT2D eigenvalue weighted by Gasteiger charge is -2.20. The van der Waals surface area contributed by atoms with Gasteiger partial charge in [-0.2, -0.15) is 11.8 Å². The summed E-state index contributed by atoms with van der Waals surface area (Å²) in [5, 5.41) is -0.469. The highest BCUT2D eigenvalue weighted by Gasteiger charge is 2.29. The minimum atomic E-state index is -3.39. The molecule has 0 aromatic heterocycles. The van der Waals surface area contributed by atoms with Gasteiger partial charge in [0.15, 0.2) is 9.84 Å². The molecule has 2 aromatic carbocycles. The van der Waals surface area contributed by atoms with Crippen LogP contribution in [0.4, 0.5) is 0 Å². The molecule has 0 bridgehead atoms. The van der Waals surface area contributed by atoms with Gasteiger partial charge in [-0.15, -0.1) is 0 Å². The minimum Gasteiger partial charge on any atom is -0.223 e. The molecule has 2 aromatic rings. The first-order chi connectivity index (χ1) is 13.5. The zero-order valence-corrected chi connectivity index (χ0v) is 20.3. The third-order valence-electron chi connectivity index (χ3n) is 4.32. The number of hydrogen-bond acceptors (Lipinski definition) is 3. The van der Waals surface area contributed by atoms with Crippen molar-refractivity contribution in [3.05, 3.63) is 65.2 Å². The number of rotatable bonds is 8. The largest absolute Gasteiger partial charge is 0.223 e. The van der Waals surface area contributed by atoms with E-state index in [-0.39, 0.29) is 0 Å². The van der Waals surface area contributed by atoms with Gasteiger partial charge in [0.2, 0.25) is 0 Å². The highest BCUT2D eigenvalue weighted by Crippen LogP contribution is 2.35. The molecule has 0 aliphatic carbocycles. The Morgan fingerprint density at radius 3 is 1.96 bits per heavy atom. The number of aryl methyl sites for hydroxylation is 2. The lowest BCUT2D eigenvalue weighted by Crippen LogP contribution is -2.15. The summed E-state index contributed by atoms with van der Waals surface area (Å²) in [5.74, 6) is 1.07. The molecule has 0 spiro atoms. The number of unbranched alkanes of at least 4 members (excludes halogenated alkanes) is 1. The Kier molecular flexibility index (Phi) is 14.0. The first-order valence-electron chi connectivity index (χ1n) is 10.3. The minimum absolute atomic E-state index is 0.422. The van der Waals surface area contributed by atoms with Crippen LogP contribution in [0.3, 0.4) is 0 Å². The zero-order valence-electron chi connectivity index (χ0n) is 18.7. The van der Waals surface area contributed by atoms with Crippen LogP contribution in [-0.4, -0.2) is 20.4 Å². The first-order valence-corrected chi connectivity index (χ1v) is 13.3. The van der Waals surface area contributed by atoms with E-state index in [1.165, 1.54) is 0 Å². The summed E-state index contributed by atoms with van der Waals surface area (Å²) in [4.78, 5) is 0.422. The summed E-state index contributed by atoms with van der Waals surface area (Å²) in [6.07, 6.45) is 4.72. The molecule has 2 rings (SSSR count). The van der Waals surface area contributed by atoms with Crippen molar-refractivity contribution in [2.45, 2.75) is 71.0 Å². The lowest BCUT2D eigenvalue weighted by atomic mass is 10.0. The maximum absolute atomic E-state index is 13.3. The van der Waals surface area contributed by atoms with Crippen LogP contribution >= 0.6 is 11.8 Å². The monoisotopic (exact) mass is 422 g/mol. The number of hydrogen-bond donors (Lipinski definition) is 0. The van der Waals surface area contributed by atoms with E-state index in [4.69, 9.17) is 0 Å². The van der Waals surface area contributed by atoms with E-state index < -0.39 is 15.1 Å². The molecule has 0 amide bonds. The summed E-state index contributed by atoms with van der Waals surface area (Å²) < 4.78 is 26.5. The van der Waals surface area contributed by atoms with Gasteiger partial charge in [0, 0.05) is 0 Å². The van der Waals surface area contributed by atoms with Gasteiger partial charge in [0.25, 0.3) is 0 Å². The molecule has 4 heteroatoms. The van der Waals surface area contributed by atoms with Crippen LogP contribution in [-0.2, 0) is 9.84 Å². The van der Waals surface area contributed by atoms with E-state index in [1.807, 2.05) is 89.7 Å². The van der Waals surface area contributed by atoms with Crippen molar-refractivity contribution in [1.82, 2.24) is 0 Å². The Morgan fingerprint density at radius 2 is 1.43 bits per heavy atom. The molecule has 0 N–H and O–H groups in total. The molecule has 1 atom stereocenters. The third kappa shape index (κ3) is 8.00. The SMILES string of the molecule is CC.CC.CSCCCCC(c1ccccc1C)S(=O)(=O)c1ccc(C)cc1. The predicted molar refractivity (Wildman–Crippen MR) is 127 cm³/mol. The predicted octanol–water partition coefficient (Wildman–Crippen LogP) is 7.40. The molecule has 2 nitrogen and oxygen atoms in total. The van der Waals surface area contributed by atoms with Gasteiger partial charge < -0.3 is 0 Å². The average molecular weight is 423 g/mol. The molecule has 0 fully saturated rings. The van der Waals surface area contributed by atoms with Crippen LogP contribution in [0.1, 0.15) is 68.9 Å². The second-order valence-electron chi connectivity index (χ2n) is 6.19. The second-order valence-corrected chi connectivity index (χ2v) is 9.31. The highest BCUT2D eigenvalue weighted by atomic mass is 32.2. The zero-order chi connectivity index (χ0) is 21.6. The van der Waals surface area contributed by atoms with Crippen molar-refractivity contribution in [3.63, 3.8) is 0 Å². The fraction of sp³-hybridized carbons (Fsp3) is 0.500. The van der Waals surface area contributed by atoms with Crippen LogP contribution in [0, 0.1) is 13.8 Å². The van der Waals surface area contributed by atoms with Gasteiger partial charge in [-0.25, -0.2) is 8.42 Å². The van der Waals surface area contributed by atoms with Gasteiger partial charge >= 0.3 is 0 Å². The van der Waals surface area contributed by atoms with E-state index >= 15 is 0 Å². The molecular weight excluding hydrogens is 384 g/mol. The van der Waals surface area contributed by atoms with Crippen molar-refractivity contribution in [1.29, 1.82) is 0 Å². The Bertz CT molecular complexity index is 750. The smallest absolute Gasteiger partial charge is 0.185 e. The number of thioether (sulfide) groups is 1. The Hall–Kier alpha value is -1.26.